The van der Waals surface area contributed by atoms with E-state index in [9.17, 15) is 13.6 Å². The van der Waals surface area contributed by atoms with Gasteiger partial charge in [0.15, 0.2) is 28.2 Å². The first kappa shape index (κ1) is 18.1. The molecule has 0 atom stereocenters. The van der Waals surface area contributed by atoms with Gasteiger partial charge in [0.25, 0.3) is 5.91 Å². The Bertz CT molecular complexity index is 876. The standard InChI is InChI=1S/C18H16F2N2O3S/c1-24-15-6-4-12(8-16(15)25-2)22-17(23)10-21(18(22)26)9-11-3-5-13(19)14(20)7-11/h3-8H,9-10H2,1-2H3. The summed E-state index contributed by atoms with van der Waals surface area (Å²) in [6.45, 7) is 0.248. The fourth-order valence-corrected chi connectivity index (χ4v) is 3.09. The maximum atomic E-state index is 13.4. The molecule has 0 bridgehead atoms. The van der Waals surface area contributed by atoms with Crippen molar-refractivity contribution in [3.05, 3.63) is 53.6 Å². The smallest absolute Gasteiger partial charge is 0.252 e. The number of nitrogens with zero attached hydrogens (tertiary/aromatic N) is 2. The first-order valence-electron chi connectivity index (χ1n) is 7.72. The number of halogens is 2. The van der Waals surface area contributed by atoms with Gasteiger partial charge in [0.2, 0.25) is 0 Å². The van der Waals surface area contributed by atoms with Gasteiger partial charge in [-0.2, -0.15) is 0 Å². The Balaban J connectivity index is 1.83. The third kappa shape index (κ3) is 3.32. The molecule has 0 radical (unpaired) electrons. The van der Waals surface area contributed by atoms with Crippen LogP contribution in [0.1, 0.15) is 5.56 Å². The van der Waals surface area contributed by atoms with Crippen LogP contribution in [0.3, 0.4) is 0 Å². The number of benzene rings is 2. The van der Waals surface area contributed by atoms with Gasteiger partial charge in [0.05, 0.1) is 19.9 Å². The van der Waals surface area contributed by atoms with Crippen molar-refractivity contribution >= 4 is 28.9 Å². The fourth-order valence-electron chi connectivity index (χ4n) is 2.75. The van der Waals surface area contributed by atoms with E-state index in [2.05, 4.69) is 0 Å². The predicted octanol–water partition coefficient (Wildman–Crippen LogP) is 3.12. The lowest BCUT2D eigenvalue weighted by atomic mass is 10.2. The van der Waals surface area contributed by atoms with Crippen LogP contribution in [-0.4, -0.2) is 36.7 Å². The molecule has 26 heavy (non-hydrogen) atoms. The Morgan fingerprint density at radius 2 is 1.77 bits per heavy atom. The van der Waals surface area contributed by atoms with Crippen molar-refractivity contribution in [1.82, 2.24) is 4.90 Å². The summed E-state index contributed by atoms with van der Waals surface area (Å²) in [5.41, 5.74) is 1.07. The van der Waals surface area contributed by atoms with E-state index < -0.39 is 11.6 Å². The van der Waals surface area contributed by atoms with Gasteiger partial charge in [-0.05, 0) is 42.0 Å². The van der Waals surface area contributed by atoms with Gasteiger partial charge in [-0.1, -0.05) is 6.07 Å². The highest BCUT2D eigenvalue weighted by molar-refractivity contribution is 7.80. The van der Waals surface area contributed by atoms with E-state index >= 15 is 0 Å². The Morgan fingerprint density at radius 3 is 2.42 bits per heavy atom. The van der Waals surface area contributed by atoms with Crippen LogP contribution < -0.4 is 14.4 Å². The van der Waals surface area contributed by atoms with Crippen molar-refractivity contribution in [2.75, 3.05) is 25.7 Å². The summed E-state index contributed by atoms with van der Waals surface area (Å²) in [4.78, 5) is 15.5. The number of thiocarbonyl (C=S) groups is 1. The molecule has 1 saturated heterocycles. The van der Waals surface area contributed by atoms with Gasteiger partial charge in [-0.15, -0.1) is 0 Å². The van der Waals surface area contributed by atoms with Crippen molar-refractivity contribution in [3.8, 4) is 11.5 Å². The average molecular weight is 378 g/mol. The fraction of sp³-hybridized carbons (Fsp3) is 0.222. The molecule has 8 heteroatoms. The van der Waals surface area contributed by atoms with E-state index in [1.165, 1.54) is 25.2 Å². The Labute approximate surface area is 154 Å². The summed E-state index contributed by atoms with van der Waals surface area (Å²) in [5.74, 6) is -1.06. The summed E-state index contributed by atoms with van der Waals surface area (Å²) in [5, 5.41) is 0.284. The highest BCUT2D eigenvalue weighted by atomic mass is 32.1. The van der Waals surface area contributed by atoms with E-state index in [4.69, 9.17) is 21.7 Å². The number of methoxy groups -OCH3 is 2. The summed E-state index contributed by atoms with van der Waals surface area (Å²) in [6, 6.07) is 8.66. The number of carbonyl (C=O) groups is 1. The molecule has 3 rings (SSSR count). The van der Waals surface area contributed by atoms with E-state index in [0.717, 1.165) is 12.1 Å². The highest BCUT2D eigenvalue weighted by Crippen LogP contribution is 2.33. The van der Waals surface area contributed by atoms with Gasteiger partial charge in [0, 0.05) is 12.6 Å². The van der Waals surface area contributed by atoms with Crippen LogP contribution in [0.2, 0.25) is 0 Å². The van der Waals surface area contributed by atoms with Crippen LogP contribution in [0, 0.1) is 11.6 Å². The molecule has 136 valence electrons. The molecule has 0 spiro atoms. The molecule has 1 heterocycles. The van der Waals surface area contributed by atoms with E-state index in [1.807, 2.05) is 0 Å². The minimum atomic E-state index is -0.935. The summed E-state index contributed by atoms with van der Waals surface area (Å²) in [6.07, 6.45) is 0. The molecular formula is C18H16F2N2O3S. The van der Waals surface area contributed by atoms with Gasteiger partial charge in [0.1, 0.15) is 6.54 Å². The van der Waals surface area contributed by atoms with Crippen molar-refractivity contribution in [2.24, 2.45) is 0 Å². The van der Waals surface area contributed by atoms with E-state index in [1.54, 1.807) is 23.1 Å². The summed E-state index contributed by atoms with van der Waals surface area (Å²) >= 11 is 5.41. The van der Waals surface area contributed by atoms with Crippen molar-refractivity contribution in [2.45, 2.75) is 6.54 Å². The third-order valence-electron chi connectivity index (χ3n) is 4.02. The number of hydrogen-bond acceptors (Lipinski definition) is 4. The lowest BCUT2D eigenvalue weighted by molar-refractivity contribution is -0.116. The zero-order chi connectivity index (χ0) is 18.8. The number of rotatable bonds is 5. The molecule has 1 aliphatic rings. The normalized spacial score (nSPS) is 14.2. The molecule has 0 aliphatic carbocycles. The van der Waals surface area contributed by atoms with Crippen LogP contribution in [0.4, 0.5) is 14.5 Å². The predicted molar refractivity (Wildman–Crippen MR) is 96.4 cm³/mol. The van der Waals surface area contributed by atoms with Crippen LogP contribution in [-0.2, 0) is 11.3 Å². The Hall–Kier alpha value is -2.74. The highest BCUT2D eigenvalue weighted by Gasteiger charge is 2.34. The van der Waals surface area contributed by atoms with Crippen LogP contribution >= 0.6 is 12.2 Å². The van der Waals surface area contributed by atoms with E-state index in [0.29, 0.717) is 22.7 Å². The maximum Gasteiger partial charge on any atom is 0.252 e. The molecule has 2 aromatic carbocycles. The lowest BCUT2D eigenvalue weighted by Crippen LogP contribution is -2.32. The molecule has 0 saturated carbocycles. The molecule has 1 amide bonds. The average Bonchev–Trinajstić information content (AvgIpc) is 2.91. The number of hydrogen-bond donors (Lipinski definition) is 0. The summed E-state index contributed by atoms with van der Waals surface area (Å²) < 4.78 is 36.9. The van der Waals surface area contributed by atoms with E-state index in [-0.39, 0.29) is 24.1 Å². The number of anilines is 1. The second-order valence-corrected chi connectivity index (χ2v) is 6.02. The molecule has 0 aromatic heterocycles. The minimum Gasteiger partial charge on any atom is -0.493 e. The topological polar surface area (TPSA) is 42.0 Å². The molecule has 1 fully saturated rings. The molecule has 0 N–H and O–H groups in total. The van der Waals surface area contributed by atoms with Crippen molar-refractivity contribution < 1.29 is 23.0 Å². The van der Waals surface area contributed by atoms with Crippen LogP contribution in [0.5, 0.6) is 11.5 Å². The van der Waals surface area contributed by atoms with Gasteiger partial charge >= 0.3 is 0 Å². The largest absolute Gasteiger partial charge is 0.493 e. The molecule has 5 nitrogen and oxygen atoms in total. The van der Waals surface area contributed by atoms with Gasteiger partial charge in [-0.3, -0.25) is 9.69 Å². The zero-order valence-electron chi connectivity index (χ0n) is 14.2. The number of ether oxygens (including phenoxy) is 2. The third-order valence-corrected chi connectivity index (χ3v) is 4.46. The lowest BCUT2D eigenvalue weighted by Gasteiger charge is -2.21. The van der Waals surface area contributed by atoms with Crippen molar-refractivity contribution in [1.29, 1.82) is 0 Å². The molecule has 0 unspecified atom stereocenters. The zero-order valence-corrected chi connectivity index (χ0v) is 15.0. The van der Waals surface area contributed by atoms with Gasteiger partial charge < -0.3 is 14.4 Å². The SMILES string of the molecule is COc1ccc(N2C(=O)CN(Cc3ccc(F)c(F)c3)C2=S)cc1OC. The summed E-state index contributed by atoms with van der Waals surface area (Å²) in [7, 11) is 3.02. The van der Waals surface area contributed by atoms with Gasteiger partial charge in [-0.25, -0.2) is 8.78 Å². The monoisotopic (exact) mass is 378 g/mol. The first-order valence-corrected chi connectivity index (χ1v) is 8.13. The molecule has 2 aromatic rings. The second kappa shape index (κ2) is 7.25. The number of carbonyl (C=O) groups excluding carboxylic acids is 1. The molecule has 1 aliphatic heterocycles. The van der Waals surface area contributed by atoms with Crippen LogP contribution in [0.25, 0.3) is 0 Å². The van der Waals surface area contributed by atoms with Crippen LogP contribution in [0.15, 0.2) is 36.4 Å². The Kier molecular flexibility index (Phi) is 5.03. The maximum absolute atomic E-state index is 13.4. The first-order chi connectivity index (χ1) is 12.4. The van der Waals surface area contributed by atoms with Crippen molar-refractivity contribution in [3.63, 3.8) is 0 Å². The Morgan fingerprint density at radius 1 is 1.04 bits per heavy atom. The second-order valence-electron chi connectivity index (χ2n) is 5.66. The molecular weight excluding hydrogens is 362 g/mol. The minimum absolute atomic E-state index is 0.0478. The number of amides is 1. The quantitative estimate of drug-likeness (QED) is 0.748.